The van der Waals surface area contributed by atoms with Crippen molar-refractivity contribution in [1.82, 2.24) is 20.0 Å². The molecule has 1 aliphatic rings. The van der Waals surface area contributed by atoms with Crippen LogP contribution < -0.4 is 10.6 Å². The minimum absolute atomic E-state index is 0.000800. The number of carbonyl (C=O) groups is 2. The maximum Gasteiger partial charge on any atom is 0.318 e. The largest absolute Gasteiger partial charge is 0.335 e. The number of benzene rings is 2. The zero-order valence-electron chi connectivity index (χ0n) is 20.5. The first-order valence-corrected chi connectivity index (χ1v) is 12.7. The summed E-state index contributed by atoms with van der Waals surface area (Å²) in [6.07, 6.45) is 7.35. The van der Waals surface area contributed by atoms with E-state index in [4.69, 9.17) is 5.10 Å². The molecule has 35 heavy (non-hydrogen) atoms. The molecule has 1 fully saturated rings. The number of unbranched alkanes of at least 4 members (excludes halogenated alkanes) is 1. The van der Waals surface area contributed by atoms with Crippen LogP contribution in [0.25, 0.3) is 16.9 Å². The van der Waals surface area contributed by atoms with Crippen molar-refractivity contribution in [2.75, 3.05) is 18.4 Å². The lowest BCUT2D eigenvalue weighted by Gasteiger charge is -2.28. The molecule has 7 heteroatoms. The van der Waals surface area contributed by atoms with Crippen LogP contribution in [0.3, 0.4) is 0 Å². The van der Waals surface area contributed by atoms with E-state index in [0.29, 0.717) is 12.4 Å². The second-order valence-electron chi connectivity index (χ2n) is 9.14. The number of anilines is 1. The summed E-state index contributed by atoms with van der Waals surface area (Å²) in [6, 6.07) is 21.5. The summed E-state index contributed by atoms with van der Waals surface area (Å²) in [5.41, 5.74) is 2.58. The topological polar surface area (TPSA) is 79.3 Å². The highest BCUT2D eigenvalue weighted by Gasteiger charge is 2.22. The fourth-order valence-corrected chi connectivity index (χ4v) is 4.46. The molecule has 1 aliphatic carbocycles. The molecule has 1 heterocycles. The summed E-state index contributed by atoms with van der Waals surface area (Å²) >= 11 is 0. The van der Waals surface area contributed by atoms with Crippen molar-refractivity contribution in [1.29, 1.82) is 0 Å². The van der Waals surface area contributed by atoms with Crippen LogP contribution in [0.5, 0.6) is 0 Å². The lowest BCUT2D eigenvalue weighted by molar-refractivity contribution is -0.116. The Balaban J connectivity index is 1.50. The van der Waals surface area contributed by atoms with Crippen LogP contribution in [0.2, 0.25) is 0 Å². The first-order chi connectivity index (χ1) is 17.1. The van der Waals surface area contributed by atoms with E-state index in [1.165, 1.54) is 6.42 Å². The first-order valence-electron chi connectivity index (χ1n) is 12.7. The maximum atomic E-state index is 13.1. The summed E-state index contributed by atoms with van der Waals surface area (Å²) in [4.78, 5) is 27.8. The van der Waals surface area contributed by atoms with Gasteiger partial charge in [-0.25, -0.2) is 9.48 Å². The number of aromatic nitrogens is 2. The van der Waals surface area contributed by atoms with Gasteiger partial charge >= 0.3 is 6.03 Å². The number of hydrogen-bond acceptors (Lipinski definition) is 3. The molecular weight excluding hydrogens is 438 g/mol. The Hall–Kier alpha value is -3.61. The van der Waals surface area contributed by atoms with Gasteiger partial charge in [-0.05, 0) is 31.4 Å². The molecule has 0 radical (unpaired) electrons. The van der Waals surface area contributed by atoms with Gasteiger partial charge in [-0.15, -0.1) is 0 Å². The second kappa shape index (κ2) is 12.2. The van der Waals surface area contributed by atoms with Crippen molar-refractivity contribution in [3.63, 3.8) is 0 Å². The van der Waals surface area contributed by atoms with Crippen molar-refractivity contribution in [2.45, 2.75) is 57.9 Å². The van der Waals surface area contributed by atoms with Crippen molar-refractivity contribution in [3.05, 3.63) is 66.7 Å². The lowest BCUT2D eigenvalue weighted by Crippen LogP contribution is -2.48. The number of carbonyl (C=O) groups excluding carboxylic acids is 2. The minimum atomic E-state index is -0.239. The van der Waals surface area contributed by atoms with Crippen molar-refractivity contribution in [2.24, 2.45) is 0 Å². The number of amides is 3. The third kappa shape index (κ3) is 6.72. The number of para-hydroxylation sites is 1. The summed E-state index contributed by atoms with van der Waals surface area (Å²) in [7, 11) is 0. The van der Waals surface area contributed by atoms with Gasteiger partial charge in [-0.1, -0.05) is 81.1 Å². The van der Waals surface area contributed by atoms with Gasteiger partial charge < -0.3 is 15.5 Å². The molecule has 1 aromatic heterocycles. The molecular formula is C28H35N5O2. The Morgan fingerprint density at radius 2 is 1.69 bits per heavy atom. The normalized spacial score (nSPS) is 13.9. The third-order valence-electron chi connectivity index (χ3n) is 6.38. The van der Waals surface area contributed by atoms with E-state index < -0.39 is 0 Å². The molecule has 184 valence electrons. The molecule has 0 aliphatic heterocycles. The van der Waals surface area contributed by atoms with Gasteiger partial charge in [-0.3, -0.25) is 4.79 Å². The SMILES string of the molecule is CCCCN(CC(=O)Nc1cc(-c2ccccc2)nn1-c1ccccc1)C(=O)NC1CCCCC1. The minimum Gasteiger partial charge on any atom is -0.335 e. The Kier molecular flexibility index (Phi) is 8.54. The van der Waals surface area contributed by atoms with Crippen LogP contribution in [-0.2, 0) is 4.79 Å². The maximum absolute atomic E-state index is 13.1. The summed E-state index contributed by atoms with van der Waals surface area (Å²) < 4.78 is 1.73. The predicted octanol–water partition coefficient (Wildman–Crippen LogP) is 5.62. The summed E-state index contributed by atoms with van der Waals surface area (Å²) in [5, 5.41) is 10.9. The highest BCUT2D eigenvalue weighted by molar-refractivity contribution is 5.94. The predicted molar refractivity (Wildman–Crippen MR) is 140 cm³/mol. The van der Waals surface area contributed by atoms with Crippen molar-refractivity contribution in [3.8, 4) is 16.9 Å². The van der Waals surface area contributed by atoms with Gasteiger partial charge in [0.1, 0.15) is 12.4 Å². The highest BCUT2D eigenvalue weighted by atomic mass is 16.2. The average Bonchev–Trinajstić information content (AvgIpc) is 3.31. The van der Waals surface area contributed by atoms with Gasteiger partial charge in [0.15, 0.2) is 0 Å². The molecule has 0 spiro atoms. The zero-order chi connectivity index (χ0) is 24.5. The van der Waals surface area contributed by atoms with E-state index in [1.54, 1.807) is 9.58 Å². The Morgan fingerprint density at radius 3 is 2.37 bits per heavy atom. The fourth-order valence-electron chi connectivity index (χ4n) is 4.46. The van der Waals surface area contributed by atoms with Crippen LogP contribution in [-0.4, -0.2) is 45.8 Å². The first kappa shape index (κ1) is 24.5. The molecule has 0 atom stereocenters. The van der Waals surface area contributed by atoms with Gasteiger partial charge in [0, 0.05) is 24.2 Å². The van der Waals surface area contributed by atoms with Gasteiger partial charge in [0.25, 0.3) is 0 Å². The van der Waals surface area contributed by atoms with Crippen LogP contribution in [0.15, 0.2) is 66.7 Å². The number of nitrogens with one attached hydrogen (secondary N) is 2. The Labute approximate surface area is 207 Å². The van der Waals surface area contributed by atoms with Gasteiger partial charge in [0.05, 0.1) is 11.4 Å². The van der Waals surface area contributed by atoms with Crippen LogP contribution in [0.4, 0.5) is 10.6 Å². The Bertz CT molecular complexity index is 1090. The van der Waals surface area contributed by atoms with Gasteiger partial charge in [0.2, 0.25) is 5.91 Å². The standard InChI is InChI=1S/C28H35N5O2/c1-2-3-19-32(28(35)29-23-15-9-5-10-16-23)21-27(34)30-26-20-25(22-13-7-4-8-14-22)31-33(26)24-17-11-6-12-18-24/h4,6-8,11-14,17-18,20,23H,2-3,5,9-10,15-16,19,21H2,1H3,(H,29,35)(H,30,34). The lowest BCUT2D eigenvalue weighted by atomic mass is 9.96. The van der Waals surface area contributed by atoms with E-state index in [1.807, 2.05) is 66.7 Å². The number of hydrogen-bond donors (Lipinski definition) is 2. The molecule has 2 aromatic carbocycles. The molecule has 0 saturated heterocycles. The molecule has 7 nitrogen and oxygen atoms in total. The van der Waals surface area contributed by atoms with E-state index in [-0.39, 0.29) is 24.5 Å². The van der Waals surface area contributed by atoms with Crippen LogP contribution in [0.1, 0.15) is 51.9 Å². The van der Waals surface area contributed by atoms with Crippen molar-refractivity contribution < 1.29 is 9.59 Å². The monoisotopic (exact) mass is 473 g/mol. The fraction of sp³-hybridized carbons (Fsp3) is 0.393. The van der Waals surface area contributed by atoms with Gasteiger partial charge in [-0.2, -0.15) is 5.10 Å². The zero-order valence-corrected chi connectivity index (χ0v) is 20.5. The Morgan fingerprint density at radius 1 is 1.00 bits per heavy atom. The molecule has 0 unspecified atom stereocenters. The third-order valence-corrected chi connectivity index (χ3v) is 6.38. The summed E-state index contributed by atoms with van der Waals surface area (Å²) in [6.45, 7) is 2.63. The quantitative estimate of drug-likeness (QED) is 0.423. The summed E-state index contributed by atoms with van der Waals surface area (Å²) in [5.74, 6) is 0.333. The van der Waals surface area contributed by atoms with Crippen LogP contribution >= 0.6 is 0 Å². The number of nitrogens with zero attached hydrogens (tertiary/aromatic N) is 3. The number of rotatable bonds is 9. The van der Waals surface area contributed by atoms with Crippen molar-refractivity contribution >= 4 is 17.8 Å². The molecule has 1 saturated carbocycles. The molecule has 2 N–H and O–H groups in total. The second-order valence-corrected chi connectivity index (χ2v) is 9.14. The highest BCUT2D eigenvalue weighted by Crippen LogP contribution is 2.25. The van der Waals surface area contributed by atoms with E-state index in [2.05, 4.69) is 17.6 Å². The average molecular weight is 474 g/mol. The number of urea groups is 1. The molecule has 4 rings (SSSR count). The molecule has 0 bridgehead atoms. The van der Waals surface area contributed by atoms with E-state index >= 15 is 0 Å². The molecule has 3 amide bonds. The van der Waals surface area contributed by atoms with E-state index in [0.717, 1.165) is 55.5 Å². The smallest absolute Gasteiger partial charge is 0.318 e. The van der Waals surface area contributed by atoms with E-state index in [9.17, 15) is 9.59 Å². The van der Waals surface area contributed by atoms with Crippen LogP contribution in [0, 0.1) is 0 Å². The molecule has 3 aromatic rings.